The van der Waals surface area contributed by atoms with Crippen LogP contribution in [0, 0.1) is 0 Å². The molecule has 8 heteroatoms. The second kappa shape index (κ2) is 6.07. The summed E-state index contributed by atoms with van der Waals surface area (Å²) in [6, 6.07) is 5.14. The predicted molar refractivity (Wildman–Crippen MR) is 93.9 cm³/mol. The second-order valence-electron chi connectivity index (χ2n) is 7.37. The van der Waals surface area contributed by atoms with Crippen molar-refractivity contribution in [2.45, 2.75) is 44.2 Å². The lowest BCUT2D eigenvalue weighted by Gasteiger charge is -2.39. The molecule has 2 atom stereocenters. The first-order valence-electron chi connectivity index (χ1n) is 9.28. The van der Waals surface area contributed by atoms with E-state index >= 15 is 0 Å². The Balaban J connectivity index is 1.30. The number of aromatic nitrogens is 2. The Kier molecular flexibility index (Phi) is 3.66. The Bertz CT molecular complexity index is 920. The maximum atomic E-state index is 12.5. The highest BCUT2D eigenvalue weighted by molar-refractivity contribution is 5.88. The summed E-state index contributed by atoms with van der Waals surface area (Å²) in [5.41, 5.74) is 1.75. The molecule has 2 fully saturated rings. The van der Waals surface area contributed by atoms with Crippen LogP contribution in [-0.4, -0.2) is 46.0 Å². The number of rotatable bonds is 4. The predicted octanol–water partition coefficient (Wildman–Crippen LogP) is 1.78. The second-order valence-corrected chi connectivity index (χ2v) is 7.37. The summed E-state index contributed by atoms with van der Waals surface area (Å²) in [5.74, 6) is 2.19. The molecule has 1 saturated heterocycles. The first-order valence-corrected chi connectivity index (χ1v) is 9.28. The molecule has 5 rings (SSSR count). The molecule has 1 N–H and O–H groups in total. The van der Waals surface area contributed by atoms with Crippen LogP contribution in [0.2, 0.25) is 0 Å². The Labute approximate surface area is 155 Å². The van der Waals surface area contributed by atoms with Crippen LogP contribution < -0.4 is 10.1 Å². The average molecular weight is 368 g/mol. The fourth-order valence-corrected chi connectivity index (χ4v) is 3.62. The molecule has 0 radical (unpaired) electrons. The summed E-state index contributed by atoms with van der Waals surface area (Å²) >= 11 is 0. The maximum absolute atomic E-state index is 12.5. The lowest BCUT2D eigenvalue weighted by Crippen LogP contribution is -2.58. The SMILES string of the molecule is CC(=O)N1CC[C@H]1C(=O)N[C@@H]1COc2cc(-c3noc(C4CC4)n3)ccc21. The van der Waals surface area contributed by atoms with Crippen molar-refractivity contribution in [1.29, 1.82) is 0 Å². The average Bonchev–Trinajstić information content (AvgIpc) is 3.20. The maximum Gasteiger partial charge on any atom is 0.243 e. The van der Waals surface area contributed by atoms with Gasteiger partial charge in [-0.2, -0.15) is 4.98 Å². The van der Waals surface area contributed by atoms with Gasteiger partial charge < -0.3 is 19.5 Å². The van der Waals surface area contributed by atoms with Crippen LogP contribution >= 0.6 is 0 Å². The summed E-state index contributed by atoms with van der Waals surface area (Å²) in [6.07, 6.45) is 2.92. The Morgan fingerprint density at radius 2 is 2.11 bits per heavy atom. The zero-order chi connectivity index (χ0) is 18.5. The molecule has 2 amide bonds. The zero-order valence-electron chi connectivity index (χ0n) is 15.0. The van der Waals surface area contributed by atoms with Crippen molar-refractivity contribution in [3.63, 3.8) is 0 Å². The first-order chi connectivity index (χ1) is 13.1. The van der Waals surface area contributed by atoms with Gasteiger partial charge in [-0.3, -0.25) is 9.59 Å². The number of benzene rings is 1. The first kappa shape index (κ1) is 16.3. The molecule has 0 unspecified atom stereocenters. The summed E-state index contributed by atoms with van der Waals surface area (Å²) in [5, 5.41) is 7.06. The number of hydrogen-bond acceptors (Lipinski definition) is 6. The number of nitrogens with one attached hydrogen (secondary N) is 1. The molecular formula is C19H20N4O4. The highest BCUT2D eigenvalue weighted by Gasteiger charge is 2.38. The number of carbonyl (C=O) groups excluding carboxylic acids is 2. The molecule has 3 heterocycles. The van der Waals surface area contributed by atoms with Gasteiger partial charge in [0.15, 0.2) is 0 Å². The molecule has 2 aromatic rings. The molecule has 27 heavy (non-hydrogen) atoms. The lowest BCUT2D eigenvalue weighted by atomic mass is 10.0. The van der Waals surface area contributed by atoms with E-state index in [0.29, 0.717) is 43.0 Å². The molecule has 3 aliphatic rings. The summed E-state index contributed by atoms with van der Waals surface area (Å²) < 4.78 is 11.1. The van der Waals surface area contributed by atoms with E-state index in [0.717, 1.165) is 24.0 Å². The van der Waals surface area contributed by atoms with Crippen LogP contribution in [0.15, 0.2) is 22.7 Å². The minimum atomic E-state index is -0.369. The van der Waals surface area contributed by atoms with Crippen molar-refractivity contribution in [3.05, 3.63) is 29.7 Å². The van der Waals surface area contributed by atoms with Gasteiger partial charge in [0.1, 0.15) is 18.4 Å². The van der Waals surface area contributed by atoms with Crippen LogP contribution in [0.3, 0.4) is 0 Å². The normalized spacial score (nSPS) is 23.4. The standard InChI is InChI=1S/C19H20N4O4/c1-10(24)23-7-6-15(23)18(25)20-14-9-26-16-8-12(4-5-13(14)16)17-21-19(27-22-17)11-2-3-11/h4-5,8,11,14-15H,2-3,6-7,9H2,1H3,(H,20,25)/t14-,15+/m1/s1. The van der Waals surface area contributed by atoms with Gasteiger partial charge in [0, 0.05) is 30.5 Å². The van der Waals surface area contributed by atoms with E-state index in [2.05, 4.69) is 15.5 Å². The Morgan fingerprint density at radius 3 is 2.81 bits per heavy atom. The summed E-state index contributed by atoms with van der Waals surface area (Å²) in [7, 11) is 0. The van der Waals surface area contributed by atoms with Gasteiger partial charge in [-0.25, -0.2) is 0 Å². The van der Waals surface area contributed by atoms with Gasteiger partial charge in [0.25, 0.3) is 0 Å². The number of amides is 2. The summed E-state index contributed by atoms with van der Waals surface area (Å²) in [4.78, 5) is 30.0. The fourth-order valence-electron chi connectivity index (χ4n) is 3.62. The largest absolute Gasteiger partial charge is 0.491 e. The quantitative estimate of drug-likeness (QED) is 0.884. The van der Waals surface area contributed by atoms with Gasteiger partial charge in [-0.05, 0) is 25.3 Å². The van der Waals surface area contributed by atoms with Crippen molar-refractivity contribution < 1.29 is 18.8 Å². The Morgan fingerprint density at radius 1 is 1.26 bits per heavy atom. The molecule has 2 aliphatic heterocycles. The van der Waals surface area contributed by atoms with E-state index in [4.69, 9.17) is 9.26 Å². The van der Waals surface area contributed by atoms with Gasteiger partial charge in [0.2, 0.25) is 23.5 Å². The van der Waals surface area contributed by atoms with Crippen molar-refractivity contribution in [2.75, 3.05) is 13.2 Å². The van der Waals surface area contributed by atoms with Gasteiger partial charge in [-0.1, -0.05) is 17.3 Å². The number of likely N-dealkylation sites (tertiary alicyclic amines) is 1. The number of nitrogens with zero attached hydrogens (tertiary/aromatic N) is 3. The van der Waals surface area contributed by atoms with E-state index in [1.165, 1.54) is 6.92 Å². The highest BCUT2D eigenvalue weighted by atomic mass is 16.5. The molecule has 1 aliphatic carbocycles. The van der Waals surface area contributed by atoms with E-state index < -0.39 is 0 Å². The van der Waals surface area contributed by atoms with Crippen LogP contribution in [0.4, 0.5) is 0 Å². The molecule has 0 spiro atoms. The number of carbonyl (C=O) groups is 2. The van der Waals surface area contributed by atoms with Gasteiger partial charge in [0.05, 0.1) is 6.04 Å². The highest BCUT2D eigenvalue weighted by Crippen LogP contribution is 2.40. The van der Waals surface area contributed by atoms with E-state index in [1.54, 1.807) is 4.90 Å². The topological polar surface area (TPSA) is 97.6 Å². The third-order valence-corrected chi connectivity index (χ3v) is 5.46. The third kappa shape index (κ3) is 2.85. The van der Waals surface area contributed by atoms with Crippen molar-refractivity contribution >= 4 is 11.8 Å². The number of hydrogen-bond donors (Lipinski definition) is 1. The van der Waals surface area contributed by atoms with Gasteiger partial charge >= 0.3 is 0 Å². The molecule has 1 aromatic heterocycles. The minimum absolute atomic E-state index is 0.0696. The molecule has 0 bridgehead atoms. The third-order valence-electron chi connectivity index (χ3n) is 5.46. The molecular weight excluding hydrogens is 348 g/mol. The Hall–Kier alpha value is -2.90. The molecule has 1 aromatic carbocycles. The van der Waals surface area contributed by atoms with Crippen LogP contribution in [-0.2, 0) is 9.59 Å². The van der Waals surface area contributed by atoms with Crippen molar-refractivity contribution in [1.82, 2.24) is 20.4 Å². The minimum Gasteiger partial charge on any atom is -0.491 e. The van der Waals surface area contributed by atoms with Crippen molar-refractivity contribution in [2.24, 2.45) is 0 Å². The lowest BCUT2D eigenvalue weighted by molar-refractivity contribution is -0.146. The van der Waals surface area contributed by atoms with E-state index in [9.17, 15) is 9.59 Å². The monoisotopic (exact) mass is 368 g/mol. The molecule has 1 saturated carbocycles. The summed E-state index contributed by atoms with van der Waals surface area (Å²) in [6.45, 7) is 2.50. The smallest absolute Gasteiger partial charge is 0.243 e. The number of fused-ring (bicyclic) bond motifs is 1. The van der Waals surface area contributed by atoms with Crippen LogP contribution in [0.25, 0.3) is 11.4 Å². The van der Waals surface area contributed by atoms with Crippen molar-refractivity contribution in [3.8, 4) is 17.1 Å². The molecule has 140 valence electrons. The van der Waals surface area contributed by atoms with Gasteiger partial charge in [-0.15, -0.1) is 0 Å². The fraction of sp³-hybridized carbons (Fsp3) is 0.474. The number of ether oxygens (including phenoxy) is 1. The van der Waals surface area contributed by atoms with Crippen LogP contribution in [0.1, 0.15) is 49.6 Å². The molecule has 8 nitrogen and oxygen atoms in total. The van der Waals surface area contributed by atoms with Crippen LogP contribution in [0.5, 0.6) is 5.75 Å². The van der Waals surface area contributed by atoms with E-state index in [-0.39, 0.29) is 23.9 Å². The zero-order valence-corrected chi connectivity index (χ0v) is 15.0. The van der Waals surface area contributed by atoms with E-state index in [1.807, 2.05) is 18.2 Å².